The van der Waals surface area contributed by atoms with Crippen LogP contribution in [0.15, 0.2) is 30.3 Å². The van der Waals surface area contributed by atoms with E-state index < -0.39 is 0 Å². The Balaban J connectivity index is 1.75. The highest BCUT2D eigenvalue weighted by Gasteiger charge is 2.30. The molecule has 1 N–H and O–H groups in total. The van der Waals surface area contributed by atoms with Gasteiger partial charge in [0.2, 0.25) is 5.91 Å². The molecule has 0 aromatic heterocycles. The van der Waals surface area contributed by atoms with Gasteiger partial charge in [-0.1, -0.05) is 43.2 Å². The van der Waals surface area contributed by atoms with E-state index in [1.54, 1.807) is 0 Å². The fourth-order valence-electron chi connectivity index (χ4n) is 3.35. The molecule has 4 heteroatoms. The average Bonchev–Trinajstić information content (AvgIpc) is 3.02. The van der Waals surface area contributed by atoms with Crippen LogP contribution < -0.4 is 5.32 Å². The summed E-state index contributed by atoms with van der Waals surface area (Å²) in [6.45, 7) is 3.05. The fraction of sp³-hybridized carbons (Fsp3) is 0.588. The van der Waals surface area contributed by atoms with Gasteiger partial charge < -0.3 is 10.1 Å². The van der Waals surface area contributed by atoms with Crippen molar-refractivity contribution in [2.75, 3.05) is 26.3 Å². The van der Waals surface area contributed by atoms with Gasteiger partial charge in [-0.2, -0.15) is 0 Å². The molecule has 1 saturated heterocycles. The third-order valence-electron chi connectivity index (χ3n) is 4.48. The van der Waals surface area contributed by atoms with Gasteiger partial charge in [-0.25, -0.2) is 0 Å². The van der Waals surface area contributed by atoms with Gasteiger partial charge in [0.15, 0.2) is 0 Å². The Labute approximate surface area is 126 Å². The lowest BCUT2D eigenvalue weighted by atomic mass is 10.0. The summed E-state index contributed by atoms with van der Waals surface area (Å²) in [4.78, 5) is 15.0. The largest absolute Gasteiger partial charge is 0.379 e. The number of benzene rings is 1. The van der Waals surface area contributed by atoms with Crippen LogP contribution in [0.3, 0.4) is 0 Å². The van der Waals surface area contributed by atoms with E-state index in [0.29, 0.717) is 19.3 Å². The molecule has 0 radical (unpaired) electrons. The molecule has 1 heterocycles. The van der Waals surface area contributed by atoms with Gasteiger partial charge in [0.25, 0.3) is 0 Å². The molecule has 1 atom stereocenters. The number of nitrogens with one attached hydrogen (secondary N) is 1. The van der Waals surface area contributed by atoms with E-state index in [0.717, 1.165) is 31.5 Å². The summed E-state index contributed by atoms with van der Waals surface area (Å²) in [6, 6.07) is 10.3. The Morgan fingerprint density at radius 1 is 1.14 bits per heavy atom. The molecule has 1 aliphatic carbocycles. The summed E-state index contributed by atoms with van der Waals surface area (Å²) in [5, 5.41) is 3.25. The van der Waals surface area contributed by atoms with E-state index in [-0.39, 0.29) is 11.9 Å². The van der Waals surface area contributed by atoms with Gasteiger partial charge >= 0.3 is 0 Å². The Bertz CT molecular complexity index is 451. The highest BCUT2D eigenvalue weighted by atomic mass is 16.5. The van der Waals surface area contributed by atoms with Crippen molar-refractivity contribution in [2.45, 2.75) is 37.8 Å². The van der Waals surface area contributed by atoms with E-state index >= 15 is 0 Å². The van der Waals surface area contributed by atoms with Crippen LogP contribution in [0.4, 0.5) is 0 Å². The first-order valence-electron chi connectivity index (χ1n) is 8.02. The molecule has 114 valence electrons. The average molecular weight is 288 g/mol. The number of nitrogens with zero attached hydrogens (tertiary/aromatic N) is 1. The van der Waals surface area contributed by atoms with Crippen LogP contribution in [0.2, 0.25) is 0 Å². The van der Waals surface area contributed by atoms with Crippen molar-refractivity contribution in [3.05, 3.63) is 35.9 Å². The molecular weight excluding hydrogens is 264 g/mol. The lowest BCUT2D eigenvalue weighted by Crippen LogP contribution is -2.47. The summed E-state index contributed by atoms with van der Waals surface area (Å²) >= 11 is 0. The lowest BCUT2D eigenvalue weighted by molar-refractivity contribution is -0.129. The zero-order valence-corrected chi connectivity index (χ0v) is 12.5. The molecule has 1 unspecified atom stereocenters. The first-order chi connectivity index (χ1) is 10.3. The van der Waals surface area contributed by atoms with Crippen molar-refractivity contribution in [3.63, 3.8) is 0 Å². The predicted molar refractivity (Wildman–Crippen MR) is 82.0 cm³/mol. The molecule has 2 fully saturated rings. The number of hydrogen-bond donors (Lipinski definition) is 1. The lowest BCUT2D eigenvalue weighted by Gasteiger charge is -2.34. The van der Waals surface area contributed by atoms with E-state index in [4.69, 9.17) is 4.74 Å². The summed E-state index contributed by atoms with van der Waals surface area (Å²) in [7, 11) is 0. The molecule has 0 spiro atoms. The molecule has 2 aliphatic rings. The Morgan fingerprint density at radius 2 is 1.81 bits per heavy atom. The third-order valence-corrected chi connectivity index (χ3v) is 4.48. The second-order valence-electron chi connectivity index (χ2n) is 5.95. The minimum Gasteiger partial charge on any atom is -0.379 e. The number of carbonyl (C=O) groups excluding carboxylic acids is 1. The summed E-state index contributed by atoms with van der Waals surface area (Å²) in [6.07, 6.45) is 4.71. The maximum Gasteiger partial charge on any atom is 0.242 e. The second-order valence-corrected chi connectivity index (χ2v) is 5.95. The number of carbonyl (C=O) groups is 1. The van der Waals surface area contributed by atoms with Gasteiger partial charge in [0.1, 0.15) is 6.04 Å². The van der Waals surface area contributed by atoms with Gasteiger partial charge in [0, 0.05) is 19.1 Å². The van der Waals surface area contributed by atoms with Crippen molar-refractivity contribution in [1.29, 1.82) is 0 Å². The van der Waals surface area contributed by atoms with E-state index in [2.05, 4.69) is 10.2 Å². The zero-order valence-electron chi connectivity index (χ0n) is 12.5. The van der Waals surface area contributed by atoms with Gasteiger partial charge in [-0.3, -0.25) is 9.69 Å². The first kappa shape index (κ1) is 14.5. The van der Waals surface area contributed by atoms with Gasteiger partial charge in [-0.05, 0) is 18.4 Å². The quantitative estimate of drug-likeness (QED) is 0.922. The SMILES string of the molecule is O=C(NC1CCCC1)C(c1ccccc1)N1CCOCC1. The fourth-order valence-corrected chi connectivity index (χ4v) is 3.35. The second kappa shape index (κ2) is 7.05. The Hall–Kier alpha value is -1.39. The van der Waals surface area contributed by atoms with E-state index in [9.17, 15) is 4.79 Å². The molecule has 1 saturated carbocycles. The number of amides is 1. The van der Waals surface area contributed by atoms with E-state index in [1.807, 2.05) is 30.3 Å². The molecule has 1 aliphatic heterocycles. The Kier molecular flexibility index (Phi) is 4.88. The summed E-state index contributed by atoms with van der Waals surface area (Å²) < 4.78 is 5.43. The van der Waals surface area contributed by atoms with Crippen LogP contribution in [0.1, 0.15) is 37.3 Å². The maximum atomic E-state index is 12.8. The third kappa shape index (κ3) is 3.63. The maximum absolute atomic E-state index is 12.8. The molecule has 4 nitrogen and oxygen atoms in total. The van der Waals surface area contributed by atoms with Crippen LogP contribution in [-0.4, -0.2) is 43.2 Å². The minimum atomic E-state index is -0.185. The van der Waals surface area contributed by atoms with Gasteiger partial charge in [0.05, 0.1) is 13.2 Å². The number of ether oxygens (including phenoxy) is 1. The summed E-state index contributed by atoms with van der Waals surface area (Å²) in [5.41, 5.74) is 1.08. The van der Waals surface area contributed by atoms with Crippen molar-refractivity contribution in [2.24, 2.45) is 0 Å². The smallest absolute Gasteiger partial charge is 0.242 e. The standard InChI is InChI=1S/C17H24N2O2/c20-17(18-15-8-4-5-9-15)16(14-6-2-1-3-7-14)19-10-12-21-13-11-19/h1-3,6-7,15-16H,4-5,8-13H2,(H,18,20). The topological polar surface area (TPSA) is 41.6 Å². The normalized spacial score (nSPS) is 22.1. The molecule has 1 amide bonds. The van der Waals surface area contributed by atoms with Crippen molar-refractivity contribution < 1.29 is 9.53 Å². The van der Waals surface area contributed by atoms with E-state index in [1.165, 1.54) is 12.8 Å². The van der Waals surface area contributed by atoms with Crippen LogP contribution in [-0.2, 0) is 9.53 Å². The van der Waals surface area contributed by atoms with Crippen molar-refractivity contribution >= 4 is 5.91 Å². The van der Waals surface area contributed by atoms with Crippen LogP contribution in [0.25, 0.3) is 0 Å². The number of morpholine rings is 1. The van der Waals surface area contributed by atoms with Crippen molar-refractivity contribution in [1.82, 2.24) is 10.2 Å². The first-order valence-corrected chi connectivity index (χ1v) is 8.02. The van der Waals surface area contributed by atoms with Crippen molar-refractivity contribution in [3.8, 4) is 0 Å². The molecule has 3 rings (SSSR count). The molecule has 1 aromatic carbocycles. The van der Waals surface area contributed by atoms with Crippen LogP contribution in [0.5, 0.6) is 0 Å². The van der Waals surface area contributed by atoms with Crippen LogP contribution in [0, 0.1) is 0 Å². The summed E-state index contributed by atoms with van der Waals surface area (Å²) in [5.74, 6) is 0.148. The molecule has 21 heavy (non-hydrogen) atoms. The zero-order chi connectivity index (χ0) is 14.5. The highest BCUT2D eigenvalue weighted by Crippen LogP contribution is 2.24. The Morgan fingerprint density at radius 3 is 2.48 bits per heavy atom. The van der Waals surface area contributed by atoms with Gasteiger partial charge in [-0.15, -0.1) is 0 Å². The van der Waals surface area contributed by atoms with Crippen LogP contribution >= 0.6 is 0 Å². The highest BCUT2D eigenvalue weighted by molar-refractivity contribution is 5.83. The molecular formula is C17H24N2O2. The molecule has 0 bridgehead atoms. The molecule has 1 aromatic rings. The monoisotopic (exact) mass is 288 g/mol. The number of rotatable bonds is 4. The minimum absolute atomic E-state index is 0.148. The predicted octanol–water partition coefficient (Wildman–Crippen LogP) is 2.12. The number of hydrogen-bond acceptors (Lipinski definition) is 3.